The normalized spacial score (nSPS) is 16.4. The van der Waals surface area contributed by atoms with Gasteiger partial charge in [-0.1, -0.05) is 48.5 Å². The number of H-pyrrole nitrogens is 1. The summed E-state index contributed by atoms with van der Waals surface area (Å²) in [6, 6.07) is 17.8. The fourth-order valence-electron chi connectivity index (χ4n) is 5.54. The summed E-state index contributed by atoms with van der Waals surface area (Å²) in [5.74, 6) is -2.27. The Balaban J connectivity index is 1.43. The third kappa shape index (κ3) is 7.45. The quantitative estimate of drug-likeness (QED) is 0.0960. The van der Waals surface area contributed by atoms with Gasteiger partial charge in [0.05, 0.1) is 16.6 Å². The fourth-order valence-corrected chi connectivity index (χ4v) is 7.30. The number of sulfonamides is 1. The zero-order valence-electron chi connectivity index (χ0n) is 25.1. The van der Waals surface area contributed by atoms with Crippen LogP contribution in [0.1, 0.15) is 47.2 Å². The summed E-state index contributed by atoms with van der Waals surface area (Å²) in [4.78, 5) is 30.8. The number of unbranched alkanes of at least 4 members (excludes halogenated alkanes) is 1. The van der Waals surface area contributed by atoms with Crippen LogP contribution in [0, 0.1) is 13.8 Å². The number of rotatable bonds is 13. The van der Waals surface area contributed by atoms with Crippen LogP contribution in [0.25, 0.3) is 22.0 Å². The second kappa shape index (κ2) is 13.7. The summed E-state index contributed by atoms with van der Waals surface area (Å²) in [5, 5.41) is 27.0. The number of hydrogen-bond donors (Lipinski definition) is 6. The number of carbonyl (C=O) groups is 2. The van der Waals surface area contributed by atoms with E-state index in [0.717, 1.165) is 29.5 Å². The molecule has 13 heteroatoms. The molecule has 6 N–H and O–H groups in total. The van der Waals surface area contributed by atoms with Crippen molar-refractivity contribution in [2.24, 2.45) is 4.99 Å². The highest BCUT2D eigenvalue weighted by atomic mass is 32.2. The molecule has 1 amide bonds. The average molecular weight is 632 g/mol. The lowest BCUT2D eigenvalue weighted by molar-refractivity contribution is -0.145. The second-order valence-electron chi connectivity index (χ2n) is 11.1. The van der Waals surface area contributed by atoms with Gasteiger partial charge in [-0.15, -0.1) is 0 Å². The van der Waals surface area contributed by atoms with Gasteiger partial charge in [-0.05, 0) is 80.5 Å². The Hall–Kier alpha value is -4.43. The third-order valence-electron chi connectivity index (χ3n) is 7.72. The number of aromatic nitrogens is 2. The number of carboxylic acids is 1. The minimum atomic E-state index is -4.44. The van der Waals surface area contributed by atoms with Crippen molar-refractivity contribution in [3.8, 4) is 11.1 Å². The maximum absolute atomic E-state index is 14.0. The smallest absolute Gasteiger partial charge is 0.345 e. The minimum Gasteiger partial charge on any atom is -0.478 e. The number of aliphatic imine (C=N–C) groups is 1. The molecule has 2 heterocycles. The molecule has 12 nitrogen and oxygen atoms in total. The highest BCUT2D eigenvalue weighted by molar-refractivity contribution is 7.89. The van der Waals surface area contributed by atoms with Crippen LogP contribution in [0.5, 0.6) is 0 Å². The first-order valence-electron chi connectivity index (χ1n) is 14.8. The van der Waals surface area contributed by atoms with E-state index in [9.17, 15) is 23.1 Å². The molecule has 0 fully saturated rings. The first kappa shape index (κ1) is 32.0. The van der Waals surface area contributed by atoms with E-state index in [1.165, 1.54) is 12.1 Å². The molecule has 1 aliphatic heterocycles. The lowest BCUT2D eigenvalue weighted by atomic mass is 10.0. The van der Waals surface area contributed by atoms with E-state index in [1.54, 1.807) is 38.2 Å². The SMILES string of the molecule is Cc1cc(-c2ccccc2)cc(C)c1S(=O)(=O)NC(CCCCNC1N=CCCN1)(NC(=O)c1ccc2cn[nH]c2c1)C(=O)O. The van der Waals surface area contributed by atoms with Crippen molar-refractivity contribution in [1.29, 1.82) is 0 Å². The largest absolute Gasteiger partial charge is 0.478 e. The number of carboxylic acid groups (broad SMARTS) is 1. The molecule has 2 atom stereocenters. The maximum atomic E-state index is 14.0. The van der Waals surface area contributed by atoms with E-state index in [-0.39, 0.29) is 29.6 Å². The van der Waals surface area contributed by atoms with E-state index in [2.05, 4.69) is 35.9 Å². The van der Waals surface area contributed by atoms with Gasteiger partial charge in [0.15, 0.2) is 6.29 Å². The van der Waals surface area contributed by atoms with Crippen molar-refractivity contribution in [3.63, 3.8) is 0 Å². The zero-order valence-corrected chi connectivity index (χ0v) is 25.9. The maximum Gasteiger partial charge on any atom is 0.345 e. The minimum absolute atomic E-state index is 0.0381. The molecule has 0 spiro atoms. The highest BCUT2D eigenvalue weighted by Crippen LogP contribution is 2.29. The standard InChI is InChI=1S/C32H37N7O5S/c1-21-17-26(23-9-4-3-5-10-23)18-22(2)28(21)45(43,44)39-32(30(41)42,13-6-7-14-33-31-34-15-8-16-35-31)37-29(40)24-11-12-25-20-36-38-27(25)19-24/h3-5,9-12,15,17-20,31,33,35,39H,6-8,13-14,16H2,1-2H3,(H,36,38)(H,37,40)(H,41,42). The molecule has 236 valence electrons. The van der Waals surface area contributed by atoms with Gasteiger partial charge in [-0.2, -0.15) is 9.82 Å². The van der Waals surface area contributed by atoms with Gasteiger partial charge in [0.2, 0.25) is 15.7 Å². The van der Waals surface area contributed by atoms with Crippen LogP contribution in [-0.2, 0) is 14.8 Å². The summed E-state index contributed by atoms with van der Waals surface area (Å²) in [5.41, 5.74) is 1.04. The van der Waals surface area contributed by atoms with E-state index < -0.39 is 27.6 Å². The molecule has 4 aromatic rings. The monoisotopic (exact) mass is 631 g/mol. The molecule has 45 heavy (non-hydrogen) atoms. The Morgan fingerprint density at radius 1 is 1.02 bits per heavy atom. The van der Waals surface area contributed by atoms with Gasteiger partial charge < -0.3 is 10.4 Å². The second-order valence-corrected chi connectivity index (χ2v) is 12.8. The van der Waals surface area contributed by atoms with Gasteiger partial charge >= 0.3 is 5.97 Å². The summed E-state index contributed by atoms with van der Waals surface area (Å²) in [6.45, 7) is 4.64. The van der Waals surface area contributed by atoms with Crippen LogP contribution < -0.4 is 20.7 Å². The van der Waals surface area contributed by atoms with Crippen LogP contribution in [-0.4, -0.2) is 66.9 Å². The van der Waals surface area contributed by atoms with Crippen LogP contribution >= 0.6 is 0 Å². The van der Waals surface area contributed by atoms with Crippen molar-refractivity contribution in [1.82, 2.24) is 30.9 Å². The highest BCUT2D eigenvalue weighted by Gasteiger charge is 2.44. The molecule has 1 aliphatic rings. The predicted molar refractivity (Wildman–Crippen MR) is 172 cm³/mol. The summed E-state index contributed by atoms with van der Waals surface area (Å²) >= 11 is 0. The van der Waals surface area contributed by atoms with Gasteiger partial charge in [0.25, 0.3) is 5.91 Å². The molecule has 1 aromatic heterocycles. The number of aromatic amines is 1. The van der Waals surface area contributed by atoms with E-state index in [4.69, 9.17) is 0 Å². The number of benzene rings is 3. The molecule has 0 radical (unpaired) electrons. The third-order valence-corrected chi connectivity index (χ3v) is 9.52. The number of aryl methyl sites for hydroxylation is 2. The zero-order chi connectivity index (χ0) is 32.0. The van der Waals surface area contributed by atoms with E-state index >= 15 is 0 Å². The molecule has 0 bridgehead atoms. The summed E-state index contributed by atoms with van der Waals surface area (Å²) in [6.07, 6.45) is 4.63. The molecule has 3 aromatic carbocycles. The molecule has 0 saturated heterocycles. The molecule has 2 unspecified atom stereocenters. The van der Waals surface area contributed by atoms with Gasteiger partial charge in [-0.3, -0.25) is 25.5 Å². The first-order valence-corrected chi connectivity index (χ1v) is 16.2. The molecule has 5 rings (SSSR count). The summed E-state index contributed by atoms with van der Waals surface area (Å²) < 4.78 is 30.4. The Bertz CT molecular complexity index is 1800. The summed E-state index contributed by atoms with van der Waals surface area (Å²) in [7, 11) is -4.44. The first-order chi connectivity index (χ1) is 21.6. The predicted octanol–water partition coefficient (Wildman–Crippen LogP) is 3.44. The molecular weight excluding hydrogens is 594 g/mol. The number of carbonyl (C=O) groups excluding carboxylic acids is 1. The fraction of sp³-hybridized carbons (Fsp3) is 0.312. The van der Waals surface area contributed by atoms with Crippen LogP contribution in [0.2, 0.25) is 0 Å². The number of fused-ring (bicyclic) bond motifs is 1. The molecule has 0 saturated carbocycles. The number of nitrogens with zero attached hydrogens (tertiary/aromatic N) is 2. The van der Waals surface area contributed by atoms with Crippen LogP contribution in [0.4, 0.5) is 0 Å². The van der Waals surface area contributed by atoms with Crippen LogP contribution in [0.15, 0.2) is 76.7 Å². The number of aliphatic carboxylic acids is 1. The topological polar surface area (TPSA) is 178 Å². The molecule has 0 aliphatic carbocycles. The van der Waals surface area contributed by atoms with Gasteiger partial charge in [-0.25, -0.2) is 13.2 Å². The van der Waals surface area contributed by atoms with Crippen molar-refractivity contribution in [2.45, 2.75) is 56.4 Å². The van der Waals surface area contributed by atoms with Gasteiger partial charge in [0.1, 0.15) is 0 Å². The van der Waals surface area contributed by atoms with Gasteiger partial charge in [0, 0.05) is 23.7 Å². The Labute approximate surface area is 261 Å². The van der Waals surface area contributed by atoms with Crippen molar-refractivity contribution < 1.29 is 23.1 Å². The lowest BCUT2D eigenvalue weighted by Crippen LogP contribution is -2.65. The van der Waals surface area contributed by atoms with Crippen LogP contribution in [0.3, 0.4) is 0 Å². The number of nitrogens with one attached hydrogen (secondary N) is 5. The molecular formula is C32H37N7O5S. The Morgan fingerprint density at radius 2 is 1.78 bits per heavy atom. The van der Waals surface area contributed by atoms with Crippen molar-refractivity contribution >= 4 is 39.0 Å². The number of amides is 1. The van der Waals surface area contributed by atoms with Crippen molar-refractivity contribution in [2.75, 3.05) is 13.1 Å². The lowest BCUT2D eigenvalue weighted by Gasteiger charge is -2.32. The Morgan fingerprint density at radius 3 is 2.47 bits per heavy atom. The van der Waals surface area contributed by atoms with E-state index in [0.29, 0.717) is 29.6 Å². The van der Waals surface area contributed by atoms with Crippen molar-refractivity contribution in [3.05, 3.63) is 83.6 Å². The average Bonchev–Trinajstić information content (AvgIpc) is 3.49. The Kier molecular flexibility index (Phi) is 9.73. The number of hydrogen-bond acceptors (Lipinski definition) is 8. The van der Waals surface area contributed by atoms with E-state index in [1.807, 2.05) is 36.5 Å².